The van der Waals surface area contributed by atoms with Gasteiger partial charge in [0.05, 0.1) is 16.3 Å². The number of carbonyl (C=O) groups is 1. The van der Waals surface area contributed by atoms with Crippen LogP contribution in [0.4, 0.5) is 5.69 Å². The van der Waals surface area contributed by atoms with Gasteiger partial charge in [0.25, 0.3) is 5.91 Å². The van der Waals surface area contributed by atoms with Crippen LogP contribution in [-0.4, -0.2) is 16.1 Å². The lowest BCUT2D eigenvalue weighted by Crippen LogP contribution is -2.12. The molecule has 0 atom stereocenters. The van der Waals surface area contributed by atoms with Crippen LogP contribution in [0.15, 0.2) is 59.2 Å². The number of carbonyl (C=O) groups excluding carboxylic acids is 1. The molecule has 3 rings (SSSR count). The third kappa shape index (κ3) is 3.21. The van der Waals surface area contributed by atoms with Crippen LogP contribution < -0.4 is 5.32 Å². The summed E-state index contributed by atoms with van der Waals surface area (Å²) in [6.07, 6.45) is 1.69. The van der Waals surface area contributed by atoms with Gasteiger partial charge in [0, 0.05) is 16.4 Å². The maximum Gasteiger partial charge on any atom is 0.257 e. The smallest absolute Gasteiger partial charge is 0.257 e. The van der Waals surface area contributed by atoms with Crippen LogP contribution in [0.3, 0.4) is 0 Å². The highest BCUT2D eigenvalue weighted by molar-refractivity contribution is 9.10. The predicted octanol–water partition coefficient (Wildman–Crippen LogP) is 4.74. The molecule has 2 N–H and O–H groups in total. The van der Waals surface area contributed by atoms with E-state index in [1.54, 1.807) is 24.4 Å². The number of aromatic amines is 1. The van der Waals surface area contributed by atoms with E-state index < -0.39 is 0 Å². The Bertz CT molecular complexity index is 801. The molecule has 1 amide bonds. The Labute approximate surface area is 140 Å². The van der Waals surface area contributed by atoms with E-state index in [0.717, 1.165) is 15.7 Å². The highest BCUT2D eigenvalue weighted by atomic mass is 79.9. The van der Waals surface area contributed by atoms with Crippen molar-refractivity contribution < 1.29 is 4.79 Å². The topological polar surface area (TPSA) is 57.8 Å². The number of aromatic nitrogens is 2. The van der Waals surface area contributed by atoms with E-state index >= 15 is 0 Å². The van der Waals surface area contributed by atoms with E-state index in [4.69, 9.17) is 11.6 Å². The van der Waals surface area contributed by atoms with E-state index in [1.807, 2.05) is 30.3 Å². The molecular weight excluding hydrogens is 366 g/mol. The highest BCUT2D eigenvalue weighted by Gasteiger charge is 2.11. The van der Waals surface area contributed by atoms with Gasteiger partial charge in [-0.3, -0.25) is 9.89 Å². The first-order valence-corrected chi connectivity index (χ1v) is 7.67. The molecule has 0 fully saturated rings. The van der Waals surface area contributed by atoms with Crippen LogP contribution in [0, 0.1) is 0 Å². The lowest BCUT2D eigenvalue weighted by molar-refractivity contribution is 0.102. The Morgan fingerprint density at radius 2 is 1.91 bits per heavy atom. The zero-order valence-electron chi connectivity index (χ0n) is 11.3. The summed E-state index contributed by atoms with van der Waals surface area (Å²) in [5.74, 6) is -0.249. The number of benzene rings is 2. The van der Waals surface area contributed by atoms with Crippen LogP contribution in [0.2, 0.25) is 5.02 Å². The molecule has 0 aliphatic heterocycles. The van der Waals surface area contributed by atoms with Crippen molar-refractivity contribution in [2.24, 2.45) is 0 Å². The molecule has 1 heterocycles. The average Bonchev–Trinajstić information content (AvgIpc) is 3.05. The first kappa shape index (κ1) is 14.8. The molecule has 0 spiro atoms. The summed E-state index contributed by atoms with van der Waals surface area (Å²) >= 11 is 9.39. The lowest BCUT2D eigenvalue weighted by atomic mass is 10.1. The van der Waals surface area contributed by atoms with Crippen LogP contribution >= 0.6 is 27.5 Å². The molecule has 2 aromatic carbocycles. The van der Waals surface area contributed by atoms with Gasteiger partial charge in [-0.25, -0.2) is 0 Å². The van der Waals surface area contributed by atoms with Crippen LogP contribution in [0.25, 0.3) is 11.3 Å². The fraction of sp³-hybridized carbons (Fsp3) is 0. The summed E-state index contributed by atoms with van der Waals surface area (Å²) in [6, 6.07) is 14.5. The number of halogens is 2. The van der Waals surface area contributed by atoms with Gasteiger partial charge < -0.3 is 5.32 Å². The molecule has 0 aliphatic rings. The molecule has 0 aliphatic carbocycles. The van der Waals surface area contributed by atoms with Crippen molar-refractivity contribution in [3.8, 4) is 11.3 Å². The van der Waals surface area contributed by atoms with Gasteiger partial charge in [-0.1, -0.05) is 39.7 Å². The normalized spacial score (nSPS) is 10.5. The predicted molar refractivity (Wildman–Crippen MR) is 91.1 cm³/mol. The number of H-pyrrole nitrogens is 1. The van der Waals surface area contributed by atoms with Crippen molar-refractivity contribution in [3.05, 3.63) is 69.8 Å². The summed E-state index contributed by atoms with van der Waals surface area (Å²) in [5.41, 5.74) is 3.04. The summed E-state index contributed by atoms with van der Waals surface area (Å²) in [4.78, 5) is 12.3. The van der Waals surface area contributed by atoms with Gasteiger partial charge in [-0.05, 0) is 42.0 Å². The summed E-state index contributed by atoms with van der Waals surface area (Å²) in [6.45, 7) is 0. The third-order valence-electron chi connectivity index (χ3n) is 3.13. The zero-order chi connectivity index (χ0) is 15.5. The Balaban J connectivity index is 1.78. The quantitative estimate of drug-likeness (QED) is 0.693. The maximum absolute atomic E-state index is 12.3. The van der Waals surface area contributed by atoms with Gasteiger partial charge in [-0.2, -0.15) is 5.10 Å². The number of rotatable bonds is 3. The fourth-order valence-electron chi connectivity index (χ4n) is 2.02. The third-order valence-corrected chi connectivity index (χ3v) is 3.95. The van der Waals surface area contributed by atoms with Crippen molar-refractivity contribution in [1.29, 1.82) is 0 Å². The van der Waals surface area contributed by atoms with Gasteiger partial charge in [0.15, 0.2) is 0 Å². The van der Waals surface area contributed by atoms with Crippen molar-refractivity contribution in [3.63, 3.8) is 0 Å². The first-order chi connectivity index (χ1) is 10.6. The Morgan fingerprint density at radius 3 is 2.59 bits per heavy atom. The number of hydrogen-bond acceptors (Lipinski definition) is 2. The van der Waals surface area contributed by atoms with Crippen LogP contribution in [-0.2, 0) is 0 Å². The Kier molecular flexibility index (Phi) is 4.27. The van der Waals surface area contributed by atoms with Crippen molar-refractivity contribution in [1.82, 2.24) is 10.2 Å². The monoisotopic (exact) mass is 375 g/mol. The fourth-order valence-corrected chi connectivity index (χ4v) is 2.58. The summed E-state index contributed by atoms with van der Waals surface area (Å²) < 4.78 is 0.802. The van der Waals surface area contributed by atoms with E-state index in [9.17, 15) is 4.79 Å². The Morgan fingerprint density at radius 1 is 1.14 bits per heavy atom. The molecule has 0 saturated heterocycles. The van der Waals surface area contributed by atoms with Gasteiger partial charge in [0.1, 0.15) is 0 Å². The molecule has 0 bridgehead atoms. The minimum Gasteiger partial charge on any atom is -0.322 e. The number of anilines is 1. The molecule has 0 unspecified atom stereocenters. The van der Waals surface area contributed by atoms with E-state index in [1.165, 1.54) is 0 Å². The molecular formula is C16H11BrClN3O. The molecule has 0 radical (unpaired) electrons. The van der Waals surface area contributed by atoms with Crippen molar-refractivity contribution in [2.45, 2.75) is 0 Å². The number of nitrogens with zero attached hydrogens (tertiary/aromatic N) is 1. The van der Waals surface area contributed by atoms with Gasteiger partial charge in [0.2, 0.25) is 0 Å². The van der Waals surface area contributed by atoms with E-state index in [-0.39, 0.29) is 5.91 Å². The van der Waals surface area contributed by atoms with Gasteiger partial charge in [-0.15, -0.1) is 0 Å². The Hall–Kier alpha value is -2.11. The van der Waals surface area contributed by atoms with Crippen LogP contribution in [0.5, 0.6) is 0 Å². The maximum atomic E-state index is 12.3. The number of nitrogens with one attached hydrogen (secondary N) is 2. The van der Waals surface area contributed by atoms with E-state index in [2.05, 4.69) is 31.4 Å². The first-order valence-electron chi connectivity index (χ1n) is 6.50. The minimum absolute atomic E-state index is 0.249. The number of hydrogen-bond donors (Lipinski definition) is 2. The second-order valence-corrected chi connectivity index (χ2v) is 5.95. The molecule has 0 saturated carbocycles. The van der Waals surface area contributed by atoms with Crippen molar-refractivity contribution in [2.75, 3.05) is 5.32 Å². The SMILES string of the molecule is O=C(Nc1ccc(-c2ccn[nH]2)cc1)c1cc(Br)ccc1Cl. The standard InChI is InChI=1S/C16H11BrClN3O/c17-11-3-6-14(18)13(9-11)16(22)20-12-4-1-10(2-5-12)15-7-8-19-21-15/h1-9H,(H,19,21)(H,20,22). The molecule has 110 valence electrons. The van der Waals surface area contributed by atoms with Crippen molar-refractivity contribution >= 4 is 39.1 Å². The second kappa shape index (κ2) is 6.34. The average molecular weight is 377 g/mol. The summed E-state index contributed by atoms with van der Waals surface area (Å²) in [7, 11) is 0. The summed E-state index contributed by atoms with van der Waals surface area (Å²) in [5, 5.41) is 10.0. The minimum atomic E-state index is -0.249. The zero-order valence-corrected chi connectivity index (χ0v) is 13.6. The molecule has 22 heavy (non-hydrogen) atoms. The lowest BCUT2D eigenvalue weighted by Gasteiger charge is -2.08. The molecule has 3 aromatic rings. The van der Waals surface area contributed by atoms with Gasteiger partial charge >= 0.3 is 0 Å². The van der Waals surface area contributed by atoms with Crippen LogP contribution in [0.1, 0.15) is 10.4 Å². The second-order valence-electron chi connectivity index (χ2n) is 4.63. The number of amides is 1. The van der Waals surface area contributed by atoms with E-state index in [0.29, 0.717) is 16.3 Å². The highest BCUT2D eigenvalue weighted by Crippen LogP contribution is 2.23. The molecule has 1 aromatic heterocycles. The largest absolute Gasteiger partial charge is 0.322 e. The molecule has 6 heteroatoms. The molecule has 4 nitrogen and oxygen atoms in total.